The van der Waals surface area contributed by atoms with Gasteiger partial charge in [0.25, 0.3) is 0 Å². The molecule has 0 spiro atoms. The predicted octanol–water partition coefficient (Wildman–Crippen LogP) is 1.88. The minimum absolute atomic E-state index is 0.0284. The van der Waals surface area contributed by atoms with E-state index in [4.69, 9.17) is 11.6 Å². The van der Waals surface area contributed by atoms with Crippen LogP contribution in [-0.4, -0.2) is 42.4 Å². The van der Waals surface area contributed by atoms with E-state index in [9.17, 15) is 9.59 Å². The Morgan fingerprint density at radius 1 is 1.33 bits per heavy atom. The van der Waals surface area contributed by atoms with Gasteiger partial charge in [0, 0.05) is 16.8 Å². The number of hydrogen-bond acceptors (Lipinski definition) is 3. The molecule has 1 aromatic rings. The number of halogens is 1. The Labute approximate surface area is 129 Å². The molecule has 2 N–H and O–H groups in total. The van der Waals surface area contributed by atoms with Gasteiger partial charge in [0.05, 0.1) is 12.6 Å². The molecule has 0 aromatic heterocycles. The zero-order valence-electron chi connectivity index (χ0n) is 12.2. The van der Waals surface area contributed by atoms with Crippen molar-refractivity contribution in [3.05, 3.63) is 29.3 Å². The van der Waals surface area contributed by atoms with Crippen LogP contribution in [0.15, 0.2) is 24.3 Å². The number of likely N-dealkylation sites (N-methyl/N-ethyl adjacent to an activating group) is 1. The molecule has 2 amide bonds. The third kappa shape index (κ3) is 5.02. The van der Waals surface area contributed by atoms with Gasteiger partial charge < -0.3 is 10.6 Å². The Hall–Kier alpha value is -1.59. The van der Waals surface area contributed by atoms with Crippen LogP contribution in [0.3, 0.4) is 0 Å². The number of hydrogen-bond donors (Lipinski definition) is 2. The van der Waals surface area contributed by atoms with Crippen molar-refractivity contribution in [1.82, 2.24) is 10.2 Å². The maximum Gasteiger partial charge on any atom is 0.238 e. The number of carbonyl (C=O) groups is 2. The molecule has 114 valence electrons. The SMILES string of the molecule is CC(C(=O)NC1CC1)N(C)CC(=O)Nc1ccc(Cl)cc1. The van der Waals surface area contributed by atoms with Crippen LogP contribution in [0.5, 0.6) is 0 Å². The molecule has 6 heteroatoms. The average Bonchev–Trinajstić information content (AvgIpc) is 3.24. The molecule has 5 nitrogen and oxygen atoms in total. The number of benzene rings is 1. The van der Waals surface area contributed by atoms with E-state index in [-0.39, 0.29) is 24.4 Å². The van der Waals surface area contributed by atoms with E-state index in [1.54, 1.807) is 43.1 Å². The lowest BCUT2D eigenvalue weighted by molar-refractivity contribution is -0.126. The van der Waals surface area contributed by atoms with Gasteiger partial charge in [-0.3, -0.25) is 14.5 Å². The molecule has 0 bridgehead atoms. The fourth-order valence-electron chi connectivity index (χ4n) is 1.85. The maximum atomic E-state index is 12.0. The highest BCUT2D eigenvalue weighted by atomic mass is 35.5. The van der Waals surface area contributed by atoms with Crippen LogP contribution in [0.4, 0.5) is 5.69 Å². The van der Waals surface area contributed by atoms with E-state index < -0.39 is 0 Å². The van der Waals surface area contributed by atoms with Gasteiger partial charge in [-0.1, -0.05) is 11.6 Å². The van der Waals surface area contributed by atoms with Gasteiger partial charge in [-0.25, -0.2) is 0 Å². The molecule has 2 rings (SSSR count). The Kier molecular flexibility index (Phi) is 5.20. The zero-order valence-corrected chi connectivity index (χ0v) is 13.0. The minimum atomic E-state index is -0.332. The van der Waals surface area contributed by atoms with Gasteiger partial charge in [-0.15, -0.1) is 0 Å². The van der Waals surface area contributed by atoms with E-state index in [0.717, 1.165) is 12.8 Å². The normalized spacial score (nSPS) is 15.6. The molecule has 1 aliphatic carbocycles. The number of anilines is 1. The lowest BCUT2D eigenvalue weighted by atomic mass is 10.2. The maximum absolute atomic E-state index is 12.0. The van der Waals surface area contributed by atoms with Crippen molar-refractivity contribution < 1.29 is 9.59 Å². The van der Waals surface area contributed by atoms with E-state index in [1.807, 2.05) is 0 Å². The molecule has 1 saturated carbocycles. The number of nitrogens with zero attached hydrogens (tertiary/aromatic N) is 1. The lowest BCUT2D eigenvalue weighted by Gasteiger charge is -2.23. The standard InChI is InChI=1S/C15H20ClN3O2/c1-10(15(21)18-13-7-8-13)19(2)9-14(20)17-12-5-3-11(16)4-6-12/h3-6,10,13H,7-9H2,1-2H3,(H,17,20)(H,18,21). The van der Waals surface area contributed by atoms with Gasteiger partial charge in [0.1, 0.15) is 0 Å². The van der Waals surface area contributed by atoms with Crippen molar-refractivity contribution >= 4 is 29.1 Å². The third-order valence-corrected chi connectivity index (χ3v) is 3.74. The zero-order chi connectivity index (χ0) is 15.4. The Morgan fingerprint density at radius 3 is 2.52 bits per heavy atom. The molecular weight excluding hydrogens is 290 g/mol. The Morgan fingerprint density at radius 2 is 1.95 bits per heavy atom. The summed E-state index contributed by atoms with van der Waals surface area (Å²) in [5, 5.41) is 6.33. The van der Waals surface area contributed by atoms with E-state index in [2.05, 4.69) is 10.6 Å². The molecule has 1 unspecified atom stereocenters. The van der Waals surface area contributed by atoms with Crippen molar-refractivity contribution in [2.24, 2.45) is 0 Å². The quantitative estimate of drug-likeness (QED) is 0.843. The van der Waals surface area contributed by atoms with Gasteiger partial charge in [-0.05, 0) is 51.1 Å². The lowest BCUT2D eigenvalue weighted by Crippen LogP contribution is -2.46. The molecule has 0 radical (unpaired) electrons. The second kappa shape index (κ2) is 6.91. The highest BCUT2D eigenvalue weighted by Crippen LogP contribution is 2.19. The van der Waals surface area contributed by atoms with Crippen LogP contribution < -0.4 is 10.6 Å². The number of amides is 2. The monoisotopic (exact) mass is 309 g/mol. The topological polar surface area (TPSA) is 61.4 Å². The number of carbonyl (C=O) groups excluding carboxylic acids is 2. The molecule has 1 aliphatic rings. The van der Waals surface area contributed by atoms with E-state index >= 15 is 0 Å². The Bertz CT molecular complexity index is 514. The Balaban J connectivity index is 1.80. The first-order valence-electron chi connectivity index (χ1n) is 7.01. The van der Waals surface area contributed by atoms with Crippen molar-refractivity contribution in [2.45, 2.75) is 31.8 Å². The fourth-order valence-corrected chi connectivity index (χ4v) is 1.97. The summed E-state index contributed by atoms with van der Waals surface area (Å²) in [5.41, 5.74) is 0.688. The van der Waals surface area contributed by atoms with Gasteiger partial charge >= 0.3 is 0 Å². The van der Waals surface area contributed by atoms with Crippen LogP contribution in [0.25, 0.3) is 0 Å². The molecule has 0 heterocycles. The van der Waals surface area contributed by atoms with E-state index in [0.29, 0.717) is 16.8 Å². The second-order valence-corrected chi connectivity index (χ2v) is 5.87. The molecule has 1 atom stereocenters. The van der Waals surface area contributed by atoms with E-state index in [1.165, 1.54) is 0 Å². The summed E-state index contributed by atoms with van der Waals surface area (Å²) in [5.74, 6) is -0.190. The summed E-state index contributed by atoms with van der Waals surface area (Å²) in [6.45, 7) is 1.95. The number of nitrogens with one attached hydrogen (secondary N) is 2. The summed E-state index contributed by atoms with van der Waals surface area (Å²) >= 11 is 5.79. The summed E-state index contributed by atoms with van der Waals surface area (Å²) in [6, 6.07) is 6.91. The second-order valence-electron chi connectivity index (χ2n) is 5.43. The first-order valence-corrected chi connectivity index (χ1v) is 7.39. The summed E-state index contributed by atoms with van der Waals surface area (Å²) in [6.07, 6.45) is 2.11. The number of rotatable bonds is 6. The minimum Gasteiger partial charge on any atom is -0.352 e. The fraction of sp³-hybridized carbons (Fsp3) is 0.467. The van der Waals surface area contributed by atoms with Gasteiger partial charge in [0.2, 0.25) is 11.8 Å². The smallest absolute Gasteiger partial charge is 0.238 e. The van der Waals surface area contributed by atoms with Gasteiger partial charge in [0.15, 0.2) is 0 Å². The molecule has 0 aliphatic heterocycles. The van der Waals surface area contributed by atoms with Crippen LogP contribution >= 0.6 is 11.6 Å². The molecule has 21 heavy (non-hydrogen) atoms. The first kappa shape index (κ1) is 15.8. The van der Waals surface area contributed by atoms with Crippen LogP contribution in [-0.2, 0) is 9.59 Å². The molecule has 1 fully saturated rings. The first-order chi connectivity index (χ1) is 9.95. The van der Waals surface area contributed by atoms with Gasteiger partial charge in [-0.2, -0.15) is 0 Å². The predicted molar refractivity (Wildman–Crippen MR) is 83.3 cm³/mol. The molecule has 0 saturated heterocycles. The van der Waals surface area contributed by atoms with Crippen molar-refractivity contribution in [3.63, 3.8) is 0 Å². The highest BCUT2D eigenvalue weighted by molar-refractivity contribution is 6.30. The summed E-state index contributed by atoms with van der Waals surface area (Å²) < 4.78 is 0. The van der Waals surface area contributed by atoms with Crippen LogP contribution in [0.1, 0.15) is 19.8 Å². The highest BCUT2D eigenvalue weighted by Gasteiger charge is 2.27. The van der Waals surface area contributed by atoms with Crippen LogP contribution in [0.2, 0.25) is 5.02 Å². The van der Waals surface area contributed by atoms with Crippen molar-refractivity contribution in [1.29, 1.82) is 0 Å². The van der Waals surface area contributed by atoms with Crippen LogP contribution in [0, 0.1) is 0 Å². The van der Waals surface area contributed by atoms with Crippen molar-refractivity contribution in [3.8, 4) is 0 Å². The summed E-state index contributed by atoms with van der Waals surface area (Å²) in [4.78, 5) is 25.6. The molecular formula is C15H20ClN3O2. The average molecular weight is 310 g/mol. The largest absolute Gasteiger partial charge is 0.352 e. The van der Waals surface area contributed by atoms with Crippen molar-refractivity contribution in [2.75, 3.05) is 18.9 Å². The summed E-state index contributed by atoms with van der Waals surface area (Å²) in [7, 11) is 1.76. The molecule has 1 aromatic carbocycles. The third-order valence-electron chi connectivity index (χ3n) is 3.49.